The van der Waals surface area contributed by atoms with Crippen molar-refractivity contribution in [3.8, 4) is 17.0 Å². The Morgan fingerprint density at radius 1 is 1.26 bits per heavy atom. The lowest BCUT2D eigenvalue weighted by molar-refractivity contribution is -0.385. The normalized spacial score (nSPS) is 10.4. The fourth-order valence-corrected chi connectivity index (χ4v) is 3.23. The summed E-state index contributed by atoms with van der Waals surface area (Å²) >= 11 is 1.29. The molecule has 3 aromatic rings. The molecule has 0 spiro atoms. The topological polar surface area (TPSA) is 94.4 Å². The quantitative estimate of drug-likeness (QED) is 0.498. The average molecular weight is 383 g/mol. The number of carbonyl (C=O) groups is 1. The van der Waals surface area contributed by atoms with Crippen molar-refractivity contribution in [3.63, 3.8) is 0 Å². The van der Waals surface area contributed by atoms with Gasteiger partial charge in [0.25, 0.3) is 5.91 Å². The largest absolute Gasteiger partial charge is 0.490 e. The van der Waals surface area contributed by atoms with E-state index in [1.807, 2.05) is 29.6 Å². The summed E-state index contributed by atoms with van der Waals surface area (Å²) in [4.78, 5) is 27.3. The van der Waals surface area contributed by atoms with E-state index in [9.17, 15) is 14.9 Å². The van der Waals surface area contributed by atoms with Crippen molar-refractivity contribution in [2.45, 2.75) is 13.3 Å². The number of carbonyl (C=O) groups excluding carboxylic acids is 1. The van der Waals surface area contributed by atoms with E-state index in [0.29, 0.717) is 5.13 Å². The SMILES string of the molecule is CCc1ccc(-c2csc(NC(=O)c3ccc(OC)c([N+](=O)[O-])c3)n2)cc1. The molecule has 1 heterocycles. The summed E-state index contributed by atoms with van der Waals surface area (Å²) in [5.74, 6) is -0.369. The van der Waals surface area contributed by atoms with Crippen LogP contribution in [0.2, 0.25) is 0 Å². The van der Waals surface area contributed by atoms with Crippen LogP contribution in [0.3, 0.4) is 0 Å². The third-order valence-electron chi connectivity index (χ3n) is 4.02. The van der Waals surface area contributed by atoms with Crippen LogP contribution in [0.25, 0.3) is 11.3 Å². The van der Waals surface area contributed by atoms with Crippen molar-refractivity contribution in [2.75, 3.05) is 12.4 Å². The third-order valence-corrected chi connectivity index (χ3v) is 4.78. The van der Waals surface area contributed by atoms with Gasteiger partial charge in [0.2, 0.25) is 0 Å². The first-order valence-electron chi connectivity index (χ1n) is 8.20. The zero-order valence-electron chi connectivity index (χ0n) is 14.8. The highest BCUT2D eigenvalue weighted by Gasteiger charge is 2.19. The lowest BCUT2D eigenvalue weighted by Crippen LogP contribution is -2.12. The van der Waals surface area contributed by atoms with E-state index in [1.54, 1.807) is 0 Å². The lowest BCUT2D eigenvalue weighted by atomic mass is 10.1. The molecule has 27 heavy (non-hydrogen) atoms. The van der Waals surface area contributed by atoms with Gasteiger partial charge < -0.3 is 4.74 Å². The van der Waals surface area contributed by atoms with Crippen LogP contribution in [-0.2, 0) is 6.42 Å². The number of nitro benzene ring substituents is 1. The first-order chi connectivity index (χ1) is 13.0. The number of benzene rings is 2. The maximum Gasteiger partial charge on any atom is 0.311 e. The van der Waals surface area contributed by atoms with Gasteiger partial charge in [-0.2, -0.15) is 0 Å². The van der Waals surface area contributed by atoms with Gasteiger partial charge in [-0.3, -0.25) is 20.2 Å². The first-order valence-corrected chi connectivity index (χ1v) is 9.08. The van der Waals surface area contributed by atoms with Crippen LogP contribution in [0.4, 0.5) is 10.8 Å². The third kappa shape index (κ3) is 4.12. The molecule has 0 unspecified atom stereocenters. The van der Waals surface area contributed by atoms with E-state index < -0.39 is 10.8 Å². The second-order valence-electron chi connectivity index (χ2n) is 5.69. The smallest absolute Gasteiger partial charge is 0.311 e. The number of hydrogen-bond acceptors (Lipinski definition) is 6. The molecule has 7 nitrogen and oxygen atoms in total. The van der Waals surface area contributed by atoms with Gasteiger partial charge in [-0.1, -0.05) is 31.2 Å². The van der Waals surface area contributed by atoms with E-state index in [1.165, 1.54) is 42.2 Å². The summed E-state index contributed by atoms with van der Waals surface area (Å²) in [6.45, 7) is 2.09. The number of aryl methyl sites for hydroxylation is 1. The minimum absolute atomic E-state index is 0.101. The number of nitro groups is 1. The molecule has 0 saturated carbocycles. The molecule has 1 aromatic heterocycles. The van der Waals surface area contributed by atoms with E-state index >= 15 is 0 Å². The van der Waals surface area contributed by atoms with Crippen LogP contribution >= 0.6 is 11.3 Å². The van der Waals surface area contributed by atoms with E-state index in [4.69, 9.17) is 4.74 Å². The molecule has 138 valence electrons. The van der Waals surface area contributed by atoms with Gasteiger partial charge in [0.05, 0.1) is 17.7 Å². The Morgan fingerprint density at radius 2 is 2.00 bits per heavy atom. The maximum atomic E-state index is 12.4. The van der Waals surface area contributed by atoms with E-state index in [2.05, 4.69) is 17.2 Å². The van der Waals surface area contributed by atoms with Crippen molar-refractivity contribution in [1.29, 1.82) is 0 Å². The van der Waals surface area contributed by atoms with Crippen LogP contribution in [-0.4, -0.2) is 22.9 Å². The number of nitrogens with one attached hydrogen (secondary N) is 1. The molecule has 1 N–H and O–H groups in total. The van der Waals surface area contributed by atoms with Gasteiger partial charge >= 0.3 is 5.69 Å². The summed E-state index contributed by atoms with van der Waals surface area (Å²) in [5.41, 5.74) is 2.86. The molecule has 1 amide bonds. The molecule has 0 atom stereocenters. The molecule has 0 bridgehead atoms. The molecule has 0 saturated heterocycles. The van der Waals surface area contributed by atoms with Crippen LogP contribution in [0.1, 0.15) is 22.8 Å². The van der Waals surface area contributed by atoms with Gasteiger partial charge in [0, 0.05) is 22.6 Å². The summed E-state index contributed by atoms with van der Waals surface area (Å²) in [6.07, 6.45) is 0.965. The Morgan fingerprint density at radius 3 is 2.63 bits per heavy atom. The van der Waals surface area contributed by atoms with E-state index in [-0.39, 0.29) is 17.0 Å². The molecule has 2 aromatic carbocycles. The van der Waals surface area contributed by atoms with Crippen LogP contribution in [0.5, 0.6) is 5.75 Å². The number of rotatable bonds is 6. The van der Waals surface area contributed by atoms with Crippen molar-refractivity contribution in [2.24, 2.45) is 0 Å². The molecule has 0 fully saturated rings. The molecule has 3 rings (SSSR count). The van der Waals surface area contributed by atoms with Crippen molar-refractivity contribution >= 4 is 28.1 Å². The summed E-state index contributed by atoms with van der Waals surface area (Å²) < 4.78 is 4.94. The second-order valence-corrected chi connectivity index (χ2v) is 6.54. The number of methoxy groups -OCH3 is 1. The van der Waals surface area contributed by atoms with Crippen molar-refractivity contribution in [3.05, 3.63) is 69.1 Å². The van der Waals surface area contributed by atoms with Crippen molar-refractivity contribution in [1.82, 2.24) is 4.98 Å². The fourth-order valence-electron chi connectivity index (χ4n) is 2.52. The maximum absolute atomic E-state index is 12.4. The fraction of sp³-hybridized carbons (Fsp3) is 0.158. The number of thiazole rings is 1. The zero-order chi connectivity index (χ0) is 19.4. The summed E-state index contributed by atoms with van der Waals surface area (Å²) in [7, 11) is 1.34. The van der Waals surface area contributed by atoms with Gasteiger partial charge in [0.15, 0.2) is 10.9 Å². The standard InChI is InChI=1S/C19H17N3O4S/c1-3-12-4-6-13(7-5-12)15-11-27-19(20-15)21-18(23)14-8-9-17(26-2)16(10-14)22(24)25/h4-11H,3H2,1-2H3,(H,20,21,23). The van der Waals surface area contributed by atoms with Gasteiger partial charge in [0.1, 0.15) is 0 Å². The number of amides is 1. The molecular weight excluding hydrogens is 366 g/mol. The van der Waals surface area contributed by atoms with Crippen LogP contribution < -0.4 is 10.1 Å². The van der Waals surface area contributed by atoms with Crippen LogP contribution in [0, 0.1) is 10.1 Å². The highest BCUT2D eigenvalue weighted by Crippen LogP contribution is 2.29. The van der Waals surface area contributed by atoms with Gasteiger partial charge in [-0.05, 0) is 24.1 Å². The number of hydrogen-bond donors (Lipinski definition) is 1. The Balaban J connectivity index is 1.77. The van der Waals surface area contributed by atoms with E-state index in [0.717, 1.165) is 17.7 Å². The lowest BCUT2D eigenvalue weighted by Gasteiger charge is -2.05. The first kappa shape index (κ1) is 18.5. The molecule has 0 radical (unpaired) electrons. The summed E-state index contributed by atoms with van der Waals surface area (Å²) in [5, 5.41) is 16.1. The predicted molar refractivity (Wildman–Crippen MR) is 105 cm³/mol. The number of nitrogens with zero attached hydrogens (tertiary/aromatic N) is 2. The van der Waals surface area contributed by atoms with Gasteiger partial charge in [-0.15, -0.1) is 11.3 Å². The molecule has 0 aliphatic heterocycles. The monoisotopic (exact) mass is 383 g/mol. The second kappa shape index (κ2) is 7.96. The molecular formula is C19H17N3O4S. The minimum Gasteiger partial charge on any atom is -0.490 e. The molecule has 0 aliphatic rings. The highest BCUT2D eigenvalue weighted by molar-refractivity contribution is 7.14. The highest BCUT2D eigenvalue weighted by atomic mass is 32.1. The van der Waals surface area contributed by atoms with Crippen molar-refractivity contribution < 1.29 is 14.5 Å². The summed E-state index contributed by atoms with van der Waals surface area (Å²) in [6, 6.07) is 12.1. The Bertz CT molecular complexity index is 983. The number of anilines is 1. The zero-order valence-corrected chi connectivity index (χ0v) is 15.6. The Hall–Kier alpha value is -3.26. The predicted octanol–water partition coefficient (Wildman–Crippen LogP) is 4.54. The number of ether oxygens (including phenoxy) is 1. The average Bonchev–Trinajstić information content (AvgIpc) is 3.15. The molecule has 8 heteroatoms. The molecule has 0 aliphatic carbocycles. The Kier molecular flexibility index (Phi) is 5.46. The number of aromatic nitrogens is 1. The Labute approximate surface area is 159 Å². The minimum atomic E-state index is -0.586. The van der Waals surface area contributed by atoms with Crippen LogP contribution in [0.15, 0.2) is 47.8 Å². The van der Waals surface area contributed by atoms with Gasteiger partial charge in [-0.25, -0.2) is 4.98 Å².